The molecule has 3 aromatic rings. The quantitative estimate of drug-likeness (QED) is 0.699. The lowest BCUT2D eigenvalue weighted by molar-refractivity contribution is 0.0229. The van der Waals surface area contributed by atoms with Crippen LogP contribution in [0.25, 0.3) is 5.69 Å². The number of hydrogen-bond acceptors (Lipinski definition) is 3. The van der Waals surface area contributed by atoms with E-state index in [0.717, 1.165) is 32.1 Å². The molecule has 2 aromatic carbocycles. The van der Waals surface area contributed by atoms with Crippen LogP contribution in [-0.2, 0) is 4.74 Å². The second-order valence-corrected chi connectivity index (χ2v) is 6.47. The lowest BCUT2D eigenvalue weighted by atomic mass is 10.0. The van der Waals surface area contributed by atoms with Gasteiger partial charge in [-0.15, -0.1) is 0 Å². The summed E-state index contributed by atoms with van der Waals surface area (Å²) in [4.78, 5) is 2.49. The molecular formula is C22H24N2O2. The van der Waals surface area contributed by atoms with E-state index in [9.17, 15) is 0 Å². The predicted octanol–water partition coefficient (Wildman–Crippen LogP) is 3.91. The lowest BCUT2D eigenvalue weighted by Crippen LogP contribution is -2.40. The molecule has 4 heteroatoms. The van der Waals surface area contributed by atoms with Crippen molar-refractivity contribution in [1.29, 1.82) is 0 Å². The highest BCUT2D eigenvalue weighted by molar-refractivity contribution is 5.40. The normalized spacial score (nSPS) is 16.3. The van der Waals surface area contributed by atoms with Gasteiger partial charge in [0.1, 0.15) is 5.75 Å². The van der Waals surface area contributed by atoms with Crippen LogP contribution < -0.4 is 4.74 Å². The summed E-state index contributed by atoms with van der Waals surface area (Å²) in [5.41, 5.74) is 3.67. The Morgan fingerprint density at radius 1 is 0.923 bits per heavy atom. The second kappa shape index (κ2) is 7.77. The molecule has 1 aliphatic heterocycles. The molecule has 4 rings (SSSR count). The molecule has 26 heavy (non-hydrogen) atoms. The fourth-order valence-electron chi connectivity index (χ4n) is 3.66. The Kier molecular flexibility index (Phi) is 5.04. The summed E-state index contributed by atoms with van der Waals surface area (Å²) in [7, 11) is 1.72. The Bertz CT molecular complexity index is 838. The van der Waals surface area contributed by atoms with Gasteiger partial charge in [0.05, 0.1) is 26.4 Å². The van der Waals surface area contributed by atoms with Gasteiger partial charge in [-0.2, -0.15) is 0 Å². The zero-order valence-electron chi connectivity index (χ0n) is 15.0. The third-order valence-corrected chi connectivity index (χ3v) is 4.92. The van der Waals surface area contributed by atoms with Gasteiger partial charge in [-0.3, -0.25) is 4.90 Å². The first-order chi connectivity index (χ1) is 12.9. The van der Waals surface area contributed by atoms with E-state index in [4.69, 9.17) is 9.47 Å². The van der Waals surface area contributed by atoms with Gasteiger partial charge in [0.2, 0.25) is 0 Å². The van der Waals surface area contributed by atoms with E-state index >= 15 is 0 Å². The summed E-state index contributed by atoms with van der Waals surface area (Å²) >= 11 is 0. The van der Waals surface area contributed by atoms with Gasteiger partial charge in [-0.05, 0) is 42.0 Å². The monoisotopic (exact) mass is 348 g/mol. The lowest BCUT2D eigenvalue weighted by Gasteiger charge is -2.35. The van der Waals surface area contributed by atoms with Gasteiger partial charge in [-0.1, -0.05) is 30.3 Å². The predicted molar refractivity (Wildman–Crippen MR) is 103 cm³/mol. The molecule has 0 radical (unpaired) electrons. The third-order valence-electron chi connectivity index (χ3n) is 4.92. The smallest absolute Gasteiger partial charge is 0.119 e. The Morgan fingerprint density at radius 2 is 1.73 bits per heavy atom. The zero-order valence-corrected chi connectivity index (χ0v) is 15.0. The standard InChI is InChI=1S/C22H24N2O2/c1-25-20-10-5-7-18(17-20)22(23-13-15-26-16-14-23)21-11-6-12-24(21)19-8-3-2-4-9-19/h2-12,17,22H,13-16H2,1H3. The molecule has 2 heterocycles. The first kappa shape index (κ1) is 16.9. The van der Waals surface area contributed by atoms with Crippen LogP contribution in [0.5, 0.6) is 5.75 Å². The van der Waals surface area contributed by atoms with E-state index in [2.05, 4.69) is 70.3 Å². The summed E-state index contributed by atoms with van der Waals surface area (Å²) in [6.45, 7) is 3.38. The van der Waals surface area contributed by atoms with Crippen molar-refractivity contribution in [3.63, 3.8) is 0 Å². The Labute approximate surface area is 154 Å². The Morgan fingerprint density at radius 3 is 2.50 bits per heavy atom. The molecule has 1 aromatic heterocycles. The van der Waals surface area contributed by atoms with Crippen LogP contribution in [0.4, 0.5) is 0 Å². The Hall–Kier alpha value is -2.56. The average Bonchev–Trinajstić information content (AvgIpc) is 3.19. The minimum atomic E-state index is 0.157. The van der Waals surface area contributed by atoms with Gasteiger partial charge in [0, 0.05) is 30.7 Å². The molecule has 1 saturated heterocycles. The first-order valence-electron chi connectivity index (χ1n) is 9.05. The molecule has 1 fully saturated rings. The van der Waals surface area contributed by atoms with E-state index in [1.165, 1.54) is 16.9 Å². The first-order valence-corrected chi connectivity index (χ1v) is 9.05. The number of ether oxygens (including phenoxy) is 2. The van der Waals surface area contributed by atoms with Gasteiger partial charge in [-0.25, -0.2) is 0 Å². The highest BCUT2D eigenvalue weighted by Crippen LogP contribution is 2.33. The number of para-hydroxylation sites is 1. The number of aromatic nitrogens is 1. The van der Waals surface area contributed by atoms with Crippen molar-refractivity contribution in [3.05, 3.63) is 84.2 Å². The highest BCUT2D eigenvalue weighted by Gasteiger charge is 2.27. The molecule has 0 aliphatic carbocycles. The molecule has 1 atom stereocenters. The van der Waals surface area contributed by atoms with Crippen molar-refractivity contribution in [2.45, 2.75) is 6.04 Å². The molecule has 0 N–H and O–H groups in total. The maximum atomic E-state index is 5.59. The van der Waals surface area contributed by atoms with Crippen molar-refractivity contribution >= 4 is 0 Å². The molecule has 0 bridgehead atoms. The maximum absolute atomic E-state index is 5.59. The van der Waals surface area contributed by atoms with E-state index < -0.39 is 0 Å². The van der Waals surface area contributed by atoms with E-state index in [1.54, 1.807) is 7.11 Å². The third kappa shape index (κ3) is 3.39. The molecule has 1 aliphatic rings. The van der Waals surface area contributed by atoms with Gasteiger partial charge in [0.15, 0.2) is 0 Å². The minimum absolute atomic E-state index is 0.157. The van der Waals surface area contributed by atoms with Crippen molar-refractivity contribution < 1.29 is 9.47 Å². The fourth-order valence-corrected chi connectivity index (χ4v) is 3.66. The van der Waals surface area contributed by atoms with Gasteiger partial charge >= 0.3 is 0 Å². The SMILES string of the molecule is COc1cccc(C(c2cccn2-c2ccccc2)N2CCOCC2)c1. The topological polar surface area (TPSA) is 26.6 Å². The van der Waals surface area contributed by atoms with Gasteiger partial charge < -0.3 is 14.0 Å². The van der Waals surface area contributed by atoms with Crippen LogP contribution in [0.2, 0.25) is 0 Å². The average molecular weight is 348 g/mol. The molecule has 1 unspecified atom stereocenters. The highest BCUT2D eigenvalue weighted by atomic mass is 16.5. The summed E-state index contributed by atoms with van der Waals surface area (Å²) in [6.07, 6.45) is 2.14. The molecule has 134 valence electrons. The zero-order chi connectivity index (χ0) is 17.8. The number of rotatable bonds is 5. The van der Waals surface area contributed by atoms with Gasteiger partial charge in [0.25, 0.3) is 0 Å². The van der Waals surface area contributed by atoms with Crippen LogP contribution in [0.3, 0.4) is 0 Å². The number of nitrogens with zero attached hydrogens (tertiary/aromatic N) is 2. The number of methoxy groups -OCH3 is 1. The van der Waals surface area contributed by atoms with Crippen LogP contribution in [0.15, 0.2) is 72.9 Å². The summed E-state index contributed by atoms with van der Waals surface area (Å²) in [6, 6.07) is 23.4. The van der Waals surface area contributed by atoms with Crippen LogP contribution in [-0.4, -0.2) is 42.9 Å². The second-order valence-electron chi connectivity index (χ2n) is 6.47. The molecular weight excluding hydrogens is 324 g/mol. The van der Waals surface area contributed by atoms with Crippen LogP contribution in [0, 0.1) is 0 Å². The van der Waals surface area contributed by atoms with Crippen molar-refractivity contribution in [2.75, 3.05) is 33.4 Å². The molecule has 0 saturated carbocycles. The van der Waals surface area contributed by atoms with E-state index in [-0.39, 0.29) is 6.04 Å². The van der Waals surface area contributed by atoms with Crippen molar-refractivity contribution in [1.82, 2.24) is 9.47 Å². The molecule has 0 spiro atoms. The largest absolute Gasteiger partial charge is 0.497 e. The summed E-state index contributed by atoms with van der Waals surface area (Å²) in [5.74, 6) is 0.888. The summed E-state index contributed by atoms with van der Waals surface area (Å²) in [5, 5.41) is 0. The minimum Gasteiger partial charge on any atom is -0.497 e. The number of morpholine rings is 1. The molecule has 4 nitrogen and oxygen atoms in total. The fraction of sp³-hybridized carbons (Fsp3) is 0.273. The molecule has 0 amide bonds. The van der Waals surface area contributed by atoms with Crippen molar-refractivity contribution in [2.24, 2.45) is 0 Å². The Balaban J connectivity index is 1.80. The maximum Gasteiger partial charge on any atom is 0.119 e. The number of hydrogen-bond donors (Lipinski definition) is 0. The van der Waals surface area contributed by atoms with Crippen LogP contribution in [0.1, 0.15) is 17.3 Å². The van der Waals surface area contributed by atoms with E-state index in [0.29, 0.717) is 0 Å². The van der Waals surface area contributed by atoms with Crippen LogP contribution >= 0.6 is 0 Å². The van der Waals surface area contributed by atoms with E-state index in [1.807, 2.05) is 12.1 Å². The number of benzene rings is 2. The van der Waals surface area contributed by atoms with Crippen molar-refractivity contribution in [3.8, 4) is 11.4 Å². The summed E-state index contributed by atoms with van der Waals surface area (Å²) < 4.78 is 13.3.